The highest BCUT2D eigenvalue weighted by Crippen LogP contribution is 2.43. The molecule has 1 fully saturated rings. The molecule has 7 nitrogen and oxygen atoms in total. The van der Waals surface area contributed by atoms with Gasteiger partial charge >= 0.3 is 0 Å². The minimum atomic E-state index is -0.522. The fourth-order valence-electron chi connectivity index (χ4n) is 4.22. The summed E-state index contributed by atoms with van der Waals surface area (Å²) in [5.74, 6) is 0.490. The van der Waals surface area contributed by atoms with E-state index in [1.165, 1.54) is 0 Å². The van der Waals surface area contributed by atoms with E-state index < -0.39 is 5.41 Å². The number of thiocarbonyl (C=S) groups is 1. The Hall–Kier alpha value is -3.39. The van der Waals surface area contributed by atoms with Crippen molar-refractivity contribution in [2.45, 2.75) is 59.2 Å². The van der Waals surface area contributed by atoms with Crippen LogP contribution in [0.5, 0.6) is 5.75 Å². The van der Waals surface area contributed by atoms with Gasteiger partial charge in [0.25, 0.3) is 0 Å². The number of rotatable bonds is 5. The summed E-state index contributed by atoms with van der Waals surface area (Å²) in [6.45, 7) is 12.2. The molecule has 0 aliphatic carbocycles. The standard InChI is InChI=1S/C28H35N5O2S/c1-27(2,3)25(34)30-20-12-11-19(16-22(20)35-7)33-24(18-13-15-32(17-18)28(4,5)6)23(31-26(33)36)21-10-8-9-14-29-21/h8-17,23-24H,1-7H3,(H,30,34)(H,31,36)/t23-,24-/m0/s1. The molecule has 0 radical (unpaired) electrons. The van der Waals surface area contributed by atoms with Crippen LogP contribution in [0.4, 0.5) is 11.4 Å². The maximum Gasteiger partial charge on any atom is 0.229 e. The Morgan fingerprint density at radius 2 is 1.86 bits per heavy atom. The highest BCUT2D eigenvalue weighted by Gasteiger charge is 2.41. The zero-order valence-electron chi connectivity index (χ0n) is 22.0. The van der Waals surface area contributed by atoms with Gasteiger partial charge in [-0.1, -0.05) is 26.8 Å². The lowest BCUT2D eigenvalue weighted by molar-refractivity contribution is -0.123. The van der Waals surface area contributed by atoms with Crippen molar-refractivity contribution < 1.29 is 9.53 Å². The first-order valence-electron chi connectivity index (χ1n) is 12.1. The number of hydrogen-bond donors (Lipinski definition) is 2. The van der Waals surface area contributed by atoms with E-state index in [1.807, 2.05) is 57.2 Å². The Bertz CT molecular complexity index is 1260. The largest absolute Gasteiger partial charge is 0.494 e. The van der Waals surface area contributed by atoms with Gasteiger partial charge in [-0.25, -0.2) is 0 Å². The summed E-state index contributed by atoms with van der Waals surface area (Å²) in [6.07, 6.45) is 6.09. The smallest absolute Gasteiger partial charge is 0.229 e. The number of aromatic nitrogens is 2. The fraction of sp³-hybridized carbons (Fsp3) is 0.393. The number of hydrogen-bond acceptors (Lipinski definition) is 4. The van der Waals surface area contributed by atoms with Crippen LogP contribution in [0, 0.1) is 5.41 Å². The van der Waals surface area contributed by atoms with Gasteiger partial charge in [0.05, 0.1) is 30.6 Å². The normalized spacial score (nSPS) is 18.2. The number of ether oxygens (including phenoxy) is 1. The molecule has 2 atom stereocenters. The average Bonchev–Trinajstić information content (AvgIpc) is 3.44. The van der Waals surface area contributed by atoms with Crippen LogP contribution in [0.2, 0.25) is 0 Å². The van der Waals surface area contributed by atoms with Crippen molar-refractivity contribution in [2.24, 2.45) is 5.41 Å². The van der Waals surface area contributed by atoms with Crippen LogP contribution in [0.1, 0.15) is 64.9 Å². The number of carbonyl (C=O) groups excluding carboxylic acids is 1. The predicted octanol–water partition coefficient (Wildman–Crippen LogP) is 5.81. The van der Waals surface area contributed by atoms with Crippen LogP contribution >= 0.6 is 12.2 Å². The van der Waals surface area contributed by atoms with E-state index >= 15 is 0 Å². The van der Waals surface area contributed by atoms with Crippen molar-refractivity contribution in [2.75, 3.05) is 17.3 Å². The third-order valence-corrected chi connectivity index (χ3v) is 6.64. The number of nitrogens with one attached hydrogen (secondary N) is 2. The first-order valence-corrected chi connectivity index (χ1v) is 12.5. The summed E-state index contributed by atoms with van der Waals surface area (Å²) in [5, 5.41) is 7.08. The molecule has 0 bridgehead atoms. The van der Waals surface area contributed by atoms with E-state index in [1.54, 1.807) is 13.3 Å². The summed E-state index contributed by atoms with van der Waals surface area (Å²) in [4.78, 5) is 19.3. The maximum atomic E-state index is 12.6. The molecule has 190 valence electrons. The summed E-state index contributed by atoms with van der Waals surface area (Å²) in [6, 6.07) is 13.5. The lowest BCUT2D eigenvalue weighted by Gasteiger charge is -2.28. The molecule has 2 aromatic heterocycles. The topological polar surface area (TPSA) is 71.4 Å². The van der Waals surface area contributed by atoms with Gasteiger partial charge in [-0.05, 0) is 68.9 Å². The highest BCUT2D eigenvalue weighted by molar-refractivity contribution is 7.80. The minimum Gasteiger partial charge on any atom is -0.494 e. The van der Waals surface area contributed by atoms with Gasteiger partial charge in [0.2, 0.25) is 5.91 Å². The monoisotopic (exact) mass is 505 g/mol. The zero-order valence-corrected chi connectivity index (χ0v) is 22.8. The van der Waals surface area contributed by atoms with E-state index in [0.29, 0.717) is 16.5 Å². The third-order valence-electron chi connectivity index (χ3n) is 6.32. The molecule has 0 saturated carbocycles. The molecule has 4 rings (SSSR count). The molecule has 1 aliphatic rings. The predicted molar refractivity (Wildman–Crippen MR) is 148 cm³/mol. The Morgan fingerprint density at radius 3 is 2.44 bits per heavy atom. The molecule has 1 amide bonds. The number of benzene rings is 1. The van der Waals surface area contributed by atoms with Crippen molar-refractivity contribution in [3.05, 3.63) is 72.3 Å². The van der Waals surface area contributed by atoms with Gasteiger partial charge in [0, 0.05) is 41.3 Å². The molecule has 3 aromatic rings. The lowest BCUT2D eigenvalue weighted by Crippen LogP contribution is -2.30. The van der Waals surface area contributed by atoms with Gasteiger partial charge in [0.1, 0.15) is 5.75 Å². The van der Waals surface area contributed by atoms with Crippen LogP contribution in [0.25, 0.3) is 0 Å². The summed E-state index contributed by atoms with van der Waals surface area (Å²) < 4.78 is 7.89. The Balaban J connectivity index is 1.77. The van der Waals surface area contributed by atoms with Crippen molar-refractivity contribution in [3.8, 4) is 5.75 Å². The summed E-state index contributed by atoms with van der Waals surface area (Å²) >= 11 is 5.86. The molecule has 3 heterocycles. The van der Waals surface area contributed by atoms with Crippen LogP contribution in [-0.4, -0.2) is 27.7 Å². The highest BCUT2D eigenvalue weighted by atomic mass is 32.1. The number of carbonyl (C=O) groups is 1. The van der Waals surface area contributed by atoms with E-state index in [2.05, 4.69) is 64.3 Å². The maximum absolute atomic E-state index is 12.6. The van der Waals surface area contributed by atoms with Gasteiger partial charge < -0.3 is 24.8 Å². The molecule has 36 heavy (non-hydrogen) atoms. The first-order chi connectivity index (χ1) is 16.9. The summed E-state index contributed by atoms with van der Waals surface area (Å²) in [7, 11) is 1.60. The number of nitrogens with zero attached hydrogens (tertiary/aromatic N) is 3. The van der Waals surface area contributed by atoms with Crippen molar-refractivity contribution in [1.29, 1.82) is 0 Å². The Labute approximate surface area is 218 Å². The molecule has 1 aliphatic heterocycles. The number of anilines is 2. The van der Waals surface area contributed by atoms with Gasteiger partial charge in [-0.2, -0.15) is 0 Å². The first kappa shape index (κ1) is 25.7. The van der Waals surface area contributed by atoms with Gasteiger partial charge in [-0.15, -0.1) is 0 Å². The molecule has 8 heteroatoms. The van der Waals surface area contributed by atoms with Crippen LogP contribution in [0.15, 0.2) is 61.1 Å². The SMILES string of the molecule is COc1cc(N2C(=S)N[C@@H](c3ccccn3)[C@@H]2c2ccn(C(C)(C)C)c2)ccc1NC(=O)C(C)(C)C. The second-order valence-electron chi connectivity index (χ2n) is 11.1. The zero-order chi connectivity index (χ0) is 26.3. The Kier molecular flexibility index (Phi) is 6.84. The van der Waals surface area contributed by atoms with Crippen molar-refractivity contribution in [3.63, 3.8) is 0 Å². The molecular weight excluding hydrogens is 470 g/mol. The Morgan fingerprint density at radius 1 is 1.11 bits per heavy atom. The fourth-order valence-corrected chi connectivity index (χ4v) is 4.57. The minimum absolute atomic E-state index is 0.0494. The molecular formula is C28H35N5O2S. The van der Waals surface area contributed by atoms with Gasteiger partial charge in [-0.3, -0.25) is 9.78 Å². The van der Waals surface area contributed by atoms with Crippen molar-refractivity contribution in [1.82, 2.24) is 14.9 Å². The van der Waals surface area contributed by atoms with Crippen LogP contribution in [-0.2, 0) is 10.3 Å². The molecule has 0 spiro atoms. The number of amides is 1. The molecule has 1 aromatic carbocycles. The van der Waals surface area contributed by atoms with E-state index in [0.717, 1.165) is 16.9 Å². The van der Waals surface area contributed by atoms with Crippen LogP contribution < -0.4 is 20.3 Å². The quantitative estimate of drug-likeness (QED) is 0.427. The van der Waals surface area contributed by atoms with Gasteiger partial charge in [0.15, 0.2) is 5.11 Å². The number of methoxy groups -OCH3 is 1. The van der Waals surface area contributed by atoms with E-state index in [9.17, 15) is 4.79 Å². The second-order valence-corrected chi connectivity index (χ2v) is 11.5. The molecule has 2 N–H and O–H groups in total. The molecule has 0 unspecified atom stereocenters. The van der Waals surface area contributed by atoms with Crippen molar-refractivity contribution >= 4 is 34.6 Å². The molecule has 1 saturated heterocycles. The number of pyridine rings is 1. The lowest BCUT2D eigenvalue weighted by atomic mass is 9.95. The van der Waals surface area contributed by atoms with E-state index in [-0.39, 0.29) is 23.5 Å². The van der Waals surface area contributed by atoms with E-state index in [4.69, 9.17) is 17.0 Å². The second kappa shape index (κ2) is 9.58. The third kappa shape index (κ3) is 5.09. The average molecular weight is 506 g/mol. The summed E-state index contributed by atoms with van der Waals surface area (Å²) in [5.41, 5.74) is 2.95. The van der Waals surface area contributed by atoms with Crippen LogP contribution in [0.3, 0.4) is 0 Å².